The van der Waals surface area contributed by atoms with Crippen LogP contribution in [0.2, 0.25) is 0 Å². The molecule has 1 aromatic rings. The number of carbonyl (C=O) groups is 2. The van der Waals surface area contributed by atoms with E-state index in [4.69, 9.17) is 4.74 Å². The second kappa shape index (κ2) is 7.12. The van der Waals surface area contributed by atoms with Gasteiger partial charge in [0.15, 0.2) is 6.10 Å². The highest BCUT2D eigenvalue weighted by Gasteiger charge is 2.43. The Kier molecular flexibility index (Phi) is 5.08. The molecule has 1 aromatic carbocycles. The summed E-state index contributed by atoms with van der Waals surface area (Å²) in [6.07, 6.45) is 0.210. The van der Waals surface area contributed by atoms with Crippen LogP contribution in [0.1, 0.15) is 31.9 Å². The summed E-state index contributed by atoms with van der Waals surface area (Å²) in [5.41, 5.74) is 0.314. The van der Waals surface area contributed by atoms with Gasteiger partial charge in [-0.15, -0.1) is 0 Å². The minimum absolute atomic E-state index is 0.156. The van der Waals surface area contributed by atoms with Gasteiger partial charge in [-0.05, 0) is 24.3 Å². The van der Waals surface area contributed by atoms with E-state index in [1.54, 1.807) is 30.1 Å². The zero-order valence-electron chi connectivity index (χ0n) is 14.9. The Morgan fingerprint density at radius 3 is 2.48 bits per heavy atom. The highest BCUT2D eigenvalue weighted by atomic mass is 19.1. The summed E-state index contributed by atoms with van der Waals surface area (Å²) in [6.45, 7) is 5.44. The number of rotatable bonds is 2. The molecule has 25 heavy (non-hydrogen) atoms. The first-order valence-electron chi connectivity index (χ1n) is 8.79. The number of hydrogen-bond donors (Lipinski definition) is 0. The maximum Gasteiger partial charge on any atom is 0.254 e. The van der Waals surface area contributed by atoms with Crippen LogP contribution >= 0.6 is 0 Å². The number of ether oxygens (including phenoxy) is 1. The molecular weight excluding hydrogens is 323 g/mol. The molecule has 2 heterocycles. The highest BCUT2D eigenvalue weighted by Crippen LogP contribution is 2.33. The van der Waals surface area contributed by atoms with E-state index in [2.05, 4.69) is 13.8 Å². The number of likely N-dealkylation sites (N-methyl/N-ethyl adjacent to an activating group) is 1. The number of hydrogen-bond acceptors (Lipinski definition) is 3. The van der Waals surface area contributed by atoms with Crippen LogP contribution in [0.5, 0.6) is 0 Å². The maximum atomic E-state index is 14.4. The molecule has 2 aliphatic rings. The molecule has 2 saturated heterocycles. The van der Waals surface area contributed by atoms with Gasteiger partial charge in [0.2, 0.25) is 5.91 Å². The lowest BCUT2D eigenvalue weighted by Crippen LogP contribution is -2.56. The van der Waals surface area contributed by atoms with Crippen molar-refractivity contribution in [1.29, 1.82) is 0 Å². The van der Waals surface area contributed by atoms with Gasteiger partial charge in [-0.1, -0.05) is 32.0 Å². The molecule has 0 unspecified atom stereocenters. The number of amides is 2. The van der Waals surface area contributed by atoms with Gasteiger partial charge in [-0.25, -0.2) is 4.39 Å². The van der Waals surface area contributed by atoms with Gasteiger partial charge in [-0.2, -0.15) is 0 Å². The molecule has 3 rings (SSSR count). The number of piperidine rings is 1. The number of likely N-dealkylation sites (tertiary alicyclic amines) is 1. The molecule has 0 spiro atoms. The number of morpholine rings is 1. The van der Waals surface area contributed by atoms with E-state index >= 15 is 0 Å². The van der Waals surface area contributed by atoms with Crippen molar-refractivity contribution in [2.45, 2.75) is 32.4 Å². The second-order valence-corrected chi connectivity index (χ2v) is 7.39. The number of nitrogens with zero attached hydrogens (tertiary/aromatic N) is 2. The third kappa shape index (κ3) is 3.54. The summed E-state index contributed by atoms with van der Waals surface area (Å²) < 4.78 is 20.0. The lowest BCUT2D eigenvalue weighted by Gasteiger charge is -2.42. The molecule has 2 amide bonds. The third-order valence-corrected chi connectivity index (χ3v) is 5.13. The lowest BCUT2D eigenvalue weighted by molar-refractivity contribution is -0.169. The Morgan fingerprint density at radius 2 is 1.84 bits per heavy atom. The van der Waals surface area contributed by atoms with Gasteiger partial charge in [0, 0.05) is 25.7 Å². The van der Waals surface area contributed by atoms with Crippen LogP contribution in [0.3, 0.4) is 0 Å². The van der Waals surface area contributed by atoms with Crippen LogP contribution in [0.15, 0.2) is 24.3 Å². The quantitative estimate of drug-likeness (QED) is 0.824. The minimum atomic E-state index is -0.878. The van der Waals surface area contributed by atoms with E-state index in [9.17, 15) is 14.0 Å². The van der Waals surface area contributed by atoms with E-state index in [1.165, 1.54) is 11.0 Å². The van der Waals surface area contributed by atoms with Crippen LogP contribution in [-0.4, -0.2) is 54.5 Å². The Bertz CT molecular complexity index is 656. The Labute approximate surface area is 147 Å². The van der Waals surface area contributed by atoms with Crippen LogP contribution in [0.25, 0.3) is 0 Å². The molecule has 0 radical (unpaired) electrons. The predicted molar refractivity (Wildman–Crippen MR) is 91.2 cm³/mol. The molecule has 0 saturated carbocycles. The zero-order chi connectivity index (χ0) is 18.1. The van der Waals surface area contributed by atoms with Crippen LogP contribution < -0.4 is 0 Å². The molecule has 0 bridgehead atoms. The average Bonchev–Trinajstić information content (AvgIpc) is 2.56. The van der Waals surface area contributed by atoms with Crippen molar-refractivity contribution in [2.24, 2.45) is 11.8 Å². The van der Waals surface area contributed by atoms with Gasteiger partial charge in [0.05, 0.1) is 6.04 Å². The van der Waals surface area contributed by atoms with E-state index in [1.807, 2.05) is 0 Å². The normalized spacial score (nSPS) is 30.5. The molecule has 136 valence electrons. The average molecular weight is 348 g/mol. The first-order chi connectivity index (χ1) is 11.9. The number of carbonyl (C=O) groups excluding carboxylic acids is 2. The van der Waals surface area contributed by atoms with Crippen molar-refractivity contribution in [2.75, 3.05) is 26.7 Å². The van der Waals surface area contributed by atoms with E-state index in [-0.39, 0.29) is 18.4 Å². The van der Waals surface area contributed by atoms with Gasteiger partial charge < -0.3 is 14.5 Å². The van der Waals surface area contributed by atoms with E-state index < -0.39 is 18.0 Å². The maximum absolute atomic E-state index is 14.4. The molecular formula is C19H25FN2O3. The molecule has 4 atom stereocenters. The molecule has 5 nitrogen and oxygen atoms in total. The first-order valence-corrected chi connectivity index (χ1v) is 8.79. The Hall–Kier alpha value is -1.95. The minimum Gasteiger partial charge on any atom is -0.356 e. The van der Waals surface area contributed by atoms with Gasteiger partial charge >= 0.3 is 0 Å². The molecule has 0 N–H and O–H groups in total. The van der Waals surface area contributed by atoms with Gasteiger partial charge in [0.25, 0.3) is 5.91 Å². The summed E-state index contributed by atoms with van der Waals surface area (Å²) in [5, 5.41) is 0. The summed E-state index contributed by atoms with van der Waals surface area (Å²) in [5.74, 6) is -0.00959. The largest absolute Gasteiger partial charge is 0.356 e. The topological polar surface area (TPSA) is 49.9 Å². The first kappa shape index (κ1) is 17.9. The monoisotopic (exact) mass is 348 g/mol. The smallest absolute Gasteiger partial charge is 0.254 e. The lowest BCUT2D eigenvalue weighted by atomic mass is 9.90. The highest BCUT2D eigenvalue weighted by molar-refractivity contribution is 5.86. The summed E-state index contributed by atoms with van der Waals surface area (Å²) in [6, 6.07) is 5.50. The summed E-state index contributed by atoms with van der Waals surface area (Å²) in [4.78, 5) is 28.5. The van der Waals surface area contributed by atoms with E-state index in [0.29, 0.717) is 30.5 Å². The molecule has 6 heteroatoms. The predicted octanol–water partition coefficient (Wildman–Crippen LogP) is 2.23. The third-order valence-electron chi connectivity index (χ3n) is 5.13. The number of benzene rings is 1. The standard InChI is InChI=1S/C19H25FN2O3/c1-12-8-13(2)10-22(9-12)19(24)18-17(21(3)16(23)11-25-18)14-6-4-5-7-15(14)20/h4-7,12-13,17-18H,8-11H2,1-3H3/t12-,13+,17-,18+/m0/s1. The van der Waals surface area contributed by atoms with Crippen molar-refractivity contribution in [1.82, 2.24) is 9.80 Å². The van der Waals surface area contributed by atoms with Crippen LogP contribution in [0.4, 0.5) is 4.39 Å². The van der Waals surface area contributed by atoms with Crippen molar-refractivity contribution >= 4 is 11.8 Å². The SMILES string of the molecule is C[C@@H]1C[C@H](C)CN(C(=O)[C@@H]2OCC(=O)N(C)[C@H]2c2ccccc2F)C1. The Morgan fingerprint density at radius 1 is 1.20 bits per heavy atom. The molecule has 0 aromatic heterocycles. The fraction of sp³-hybridized carbons (Fsp3) is 0.579. The second-order valence-electron chi connectivity index (χ2n) is 7.39. The fourth-order valence-electron chi connectivity index (χ4n) is 4.03. The van der Waals surface area contributed by atoms with Crippen molar-refractivity contribution in [3.8, 4) is 0 Å². The molecule has 2 aliphatic heterocycles. The van der Waals surface area contributed by atoms with Crippen molar-refractivity contribution in [3.63, 3.8) is 0 Å². The summed E-state index contributed by atoms with van der Waals surface area (Å²) in [7, 11) is 1.60. The zero-order valence-corrected chi connectivity index (χ0v) is 14.9. The molecule has 2 fully saturated rings. The van der Waals surface area contributed by atoms with Gasteiger partial charge in [-0.3, -0.25) is 9.59 Å². The Balaban J connectivity index is 1.91. The van der Waals surface area contributed by atoms with Crippen molar-refractivity contribution < 1.29 is 18.7 Å². The summed E-state index contributed by atoms with van der Waals surface area (Å²) >= 11 is 0. The van der Waals surface area contributed by atoms with E-state index in [0.717, 1.165) is 6.42 Å². The van der Waals surface area contributed by atoms with Crippen molar-refractivity contribution in [3.05, 3.63) is 35.6 Å². The van der Waals surface area contributed by atoms with Crippen LogP contribution in [0, 0.1) is 17.7 Å². The van der Waals surface area contributed by atoms with Gasteiger partial charge in [0.1, 0.15) is 12.4 Å². The molecule has 0 aliphatic carbocycles. The fourth-order valence-corrected chi connectivity index (χ4v) is 4.03. The van der Waals surface area contributed by atoms with Crippen LogP contribution in [-0.2, 0) is 14.3 Å². The number of halogens is 1.